The van der Waals surface area contributed by atoms with Crippen LogP contribution in [0.2, 0.25) is 0 Å². The number of nitrogens with one attached hydrogen (secondary N) is 1. The zero-order valence-corrected chi connectivity index (χ0v) is 22.9. The number of carbonyl (C=O) groups is 2. The van der Waals surface area contributed by atoms with Crippen LogP contribution in [0.4, 0.5) is 0 Å². The zero-order valence-electron chi connectivity index (χ0n) is 22.9. The van der Waals surface area contributed by atoms with Crippen LogP contribution in [0.3, 0.4) is 0 Å². The van der Waals surface area contributed by atoms with Crippen LogP contribution in [-0.2, 0) is 23.8 Å². The van der Waals surface area contributed by atoms with Crippen LogP contribution < -0.4 is 5.32 Å². The maximum atomic E-state index is 13.8. The molecule has 0 aromatic heterocycles. The van der Waals surface area contributed by atoms with Crippen molar-refractivity contribution in [2.75, 3.05) is 72.2 Å². The molecule has 4 saturated heterocycles. The van der Waals surface area contributed by atoms with Gasteiger partial charge < -0.3 is 29.3 Å². The van der Waals surface area contributed by atoms with Gasteiger partial charge in [0.25, 0.3) is 0 Å². The van der Waals surface area contributed by atoms with Gasteiger partial charge in [-0.15, -0.1) is 0 Å². The van der Waals surface area contributed by atoms with E-state index >= 15 is 0 Å². The van der Waals surface area contributed by atoms with Crippen LogP contribution in [0.25, 0.3) is 0 Å². The van der Waals surface area contributed by atoms with Crippen LogP contribution in [0.1, 0.15) is 53.4 Å². The lowest BCUT2D eigenvalue weighted by atomic mass is 9.95. The van der Waals surface area contributed by atoms with E-state index in [0.29, 0.717) is 69.9 Å². The Kier molecular flexibility index (Phi) is 9.66. The van der Waals surface area contributed by atoms with Gasteiger partial charge in [-0.2, -0.15) is 0 Å². The predicted molar refractivity (Wildman–Crippen MR) is 137 cm³/mol. The second-order valence-corrected chi connectivity index (χ2v) is 12.0. The van der Waals surface area contributed by atoms with Gasteiger partial charge in [0.15, 0.2) is 5.79 Å². The van der Waals surface area contributed by atoms with Gasteiger partial charge in [-0.25, -0.2) is 0 Å². The van der Waals surface area contributed by atoms with E-state index in [1.54, 1.807) is 0 Å². The zero-order chi connectivity index (χ0) is 25.7. The second kappa shape index (κ2) is 12.5. The molecule has 1 N–H and O–H groups in total. The number of carbonyl (C=O) groups excluding carboxylic acids is 2. The van der Waals surface area contributed by atoms with Crippen LogP contribution >= 0.6 is 0 Å². The Balaban J connectivity index is 1.31. The molecule has 0 aliphatic carbocycles. The highest BCUT2D eigenvalue weighted by Crippen LogP contribution is 2.33. The molecule has 4 rings (SSSR count). The molecule has 1 unspecified atom stereocenters. The standard InChI is InChI=1S/C27H48N4O5/c1-20(2)15-23-25(32)31(10-7-28-23)24(16-21(3)4)26(33)30-8-5-27(6-9-30)35-18-22(19-36-27)17-29-11-13-34-14-12-29/h20-24,28H,5-19H2,1-4H3/t23-,24?/m0/s1. The summed E-state index contributed by atoms with van der Waals surface area (Å²) in [7, 11) is 0. The molecule has 2 amide bonds. The number of morpholine rings is 1. The van der Waals surface area contributed by atoms with Crippen LogP contribution in [-0.4, -0.2) is 117 Å². The van der Waals surface area contributed by atoms with Gasteiger partial charge in [-0.05, 0) is 24.7 Å². The summed E-state index contributed by atoms with van der Waals surface area (Å²) >= 11 is 0. The van der Waals surface area contributed by atoms with E-state index in [1.165, 1.54) is 0 Å². The van der Waals surface area contributed by atoms with Gasteiger partial charge >= 0.3 is 0 Å². The number of likely N-dealkylation sites (tertiary alicyclic amines) is 1. The largest absolute Gasteiger partial charge is 0.379 e. The minimum absolute atomic E-state index is 0.0766. The fourth-order valence-electron chi connectivity index (χ4n) is 5.98. The smallest absolute Gasteiger partial charge is 0.245 e. The van der Waals surface area contributed by atoms with E-state index < -0.39 is 11.8 Å². The Hall–Kier alpha value is -1.26. The number of piperazine rings is 1. The molecule has 4 heterocycles. The molecule has 9 heteroatoms. The summed E-state index contributed by atoms with van der Waals surface area (Å²) < 4.78 is 18.1. The topological polar surface area (TPSA) is 83.6 Å². The average molecular weight is 509 g/mol. The highest BCUT2D eigenvalue weighted by molar-refractivity contribution is 5.90. The third-order valence-corrected chi connectivity index (χ3v) is 8.01. The van der Waals surface area contributed by atoms with Gasteiger partial charge in [0.1, 0.15) is 6.04 Å². The molecule has 4 aliphatic heterocycles. The van der Waals surface area contributed by atoms with E-state index in [2.05, 4.69) is 37.9 Å². The molecule has 0 radical (unpaired) electrons. The maximum absolute atomic E-state index is 13.8. The number of hydrogen-bond donors (Lipinski definition) is 1. The lowest BCUT2D eigenvalue weighted by Crippen LogP contribution is -2.63. The van der Waals surface area contributed by atoms with Crippen molar-refractivity contribution in [1.82, 2.24) is 20.0 Å². The van der Waals surface area contributed by atoms with Gasteiger partial charge in [-0.3, -0.25) is 14.5 Å². The molecular formula is C27H48N4O5. The number of nitrogens with zero attached hydrogens (tertiary/aromatic N) is 3. The Bertz CT molecular complexity index is 724. The minimum Gasteiger partial charge on any atom is -0.379 e. The second-order valence-electron chi connectivity index (χ2n) is 12.0. The van der Waals surface area contributed by atoms with Gasteiger partial charge in [0, 0.05) is 64.6 Å². The average Bonchev–Trinajstić information content (AvgIpc) is 2.86. The first-order chi connectivity index (χ1) is 17.3. The molecule has 0 aromatic carbocycles. The van der Waals surface area contributed by atoms with Crippen molar-refractivity contribution in [1.29, 1.82) is 0 Å². The molecule has 36 heavy (non-hydrogen) atoms. The Morgan fingerprint density at radius 2 is 1.67 bits per heavy atom. The molecular weight excluding hydrogens is 460 g/mol. The normalized spacial score (nSPS) is 27.3. The molecule has 4 aliphatic rings. The van der Waals surface area contributed by atoms with E-state index in [1.807, 2.05) is 9.80 Å². The van der Waals surface area contributed by atoms with Crippen LogP contribution in [0, 0.1) is 17.8 Å². The quantitative estimate of drug-likeness (QED) is 0.533. The molecule has 0 saturated carbocycles. The molecule has 0 aromatic rings. The molecule has 4 fully saturated rings. The van der Waals surface area contributed by atoms with E-state index in [0.717, 1.165) is 45.8 Å². The summed E-state index contributed by atoms with van der Waals surface area (Å²) in [6, 6.07) is -0.588. The van der Waals surface area contributed by atoms with E-state index in [9.17, 15) is 9.59 Å². The highest BCUT2D eigenvalue weighted by atomic mass is 16.7. The van der Waals surface area contributed by atoms with Crippen molar-refractivity contribution in [3.8, 4) is 0 Å². The van der Waals surface area contributed by atoms with Gasteiger partial charge in [0.2, 0.25) is 11.8 Å². The monoisotopic (exact) mass is 508 g/mol. The summed E-state index contributed by atoms with van der Waals surface area (Å²) in [6.45, 7) is 17.0. The third-order valence-electron chi connectivity index (χ3n) is 8.01. The van der Waals surface area contributed by atoms with Crippen molar-refractivity contribution in [2.24, 2.45) is 17.8 Å². The van der Waals surface area contributed by atoms with E-state index in [4.69, 9.17) is 14.2 Å². The SMILES string of the molecule is CC(C)CC(C(=O)N1CCC2(CC1)OCC(CN1CCOCC1)CO2)N1CCN[C@@H](CC(C)C)C1=O. The lowest BCUT2D eigenvalue weighted by Gasteiger charge is -2.47. The number of hydrogen-bond acceptors (Lipinski definition) is 7. The first-order valence-corrected chi connectivity index (χ1v) is 14.2. The fraction of sp³-hybridized carbons (Fsp3) is 0.926. The maximum Gasteiger partial charge on any atom is 0.245 e. The summed E-state index contributed by atoms with van der Waals surface area (Å²) in [4.78, 5) is 33.3. The van der Waals surface area contributed by atoms with E-state index in [-0.39, 0.29) is 17.9 Å². The Morgan fingerprint density at radius 1 is 1.00 bits per heavy atom. The number of ether oxygens (including phenoxy) is 3. The number of rotatable bonds is 8. The van der Waals surface area contributed by atoms with Gasteiger partial charge in [0.05, 0.1) is 32.5 Å². The van der Waals surface area contributed by atoms with Crippen molar-refractivity contribution in [3.63, 3.8) is 0 Å². The minimum atomic E-state index is -0.570. The Morgan fingerprint density at radius 3 is 2.28 bits per heavy atom. The van der Waals surface area contributed by atoms with Crippen molar-refractivity contribution >= 4 is 11.8 Å². The molecule has 1 spiro atoms. The first-order valence-electron chi connectivity index (χ1n) is 14.2. The van der Waals surface area contributed by atoms with Gasteiger partial charge in [-0.1, -0.05) is 27.7 Å². The molecule has 0 bridgehead atoms. The van der Waals surface area contributed by atoms with Crippen LogP contribution in [0.5, 0.6) is 0 Å². The lowest BCUT2D eigenvalue weighted by molar-refractivity contribution is -0.299. The molecule has 206 valence electrons. The highest BCUT2D eigenvalue weighted by Gasteiger charge is 2.44. The predicted octanol–water partition coefficient (Wildman–Crippen LogP) is 1.56. The molecule has 9 nitrogen and oxygen atoms in total. The first kappa shape index (κ1) is 27.8. The third kappa shape index (κ3) is 6.98. The Labute approximate surface area is 217 Å². The summed E-state index contributed by atoms with van der Waals surface area (Å²) in [5.74, 6) is 0.716. The van der Waals surface area contributed by atoms with Crippen molar-refractivity contribution in [3.05, 3.63) is 0 Å². The number of amides is 2. The van der Waals surface area contributed by atoms with Crippen molar-refractivity contribution < 1.29 is 23.8 Å². The summed E-state index contributed by atoms with van der Waals surface area (Å²) in [5, 5.41) is 3.37. The van der Waals surface area contributed by atoms with Crippen LogP contribution in [0.15, 0.2) is 0 Å². The van der Waals surface area contributed by atoms with Crippen molar-refractivity contribution in [2.45, 2.75) is 71.2 Å². The fourth-order valence-corrected chi connectivity index (χ4v) is 5.98. The number of piperidine rings is 1. The summed E-state index contributed by atoms with van der Waals surface area (Å²) in [5.41, 5.74) is 0. The molecule has 2 atom stereocenters. The summed E-state index contributed by atoms with van der Waals surface area (Å²) in [6.07, 6.45) is 2.86.